The Labute approximate surface area is 116 Å². The molecule has 0 bridgehead atoms. The van der Waals surface area contributed by atoms with E-state index in [9.17, 15) is 4.79 Å². The maximum Gasteiger partial charge on any atom is 0.237 e. The predicted molar refractivity (Wildman–Crippen MR) is 77.1 cm³/mol. The van der Waals surface area contributed by atoms with Gasteiger partial charge in [-0.05, 0) is 32.4 Å². The normalized spacial score (nSPS) is 27.4. The zero-order valence-electron chi connectivity index (χ0n) is 12.3. The number of hydrogen-bond acceptors (Lipinski definition) is 4. The van der Waals surface area contributed by atoms with Gasteiger partial charge in [-0.15, -0.1) is 0 Å². The molecule has 5 nitrogen and oxygen atoms in total. The standard InChI is InChI=1S/C14H28N4O/c1-12(11-18-8-6-17(2)7-9-18)10-16-14(19)13-4-3-5-15-13/h12-13,15H,3-11H2,1-2H3,(H,16,19)/t12?,13-/m0/s1. The quantitative estimate of drug-likeness (QED) is 0.721. The van der Waals surface area contributed by atoms with Crippen LogP contribution in [0.2, 0.25) is 0 Å². The van der Waals surface area contributed by atoms with Crippen molar-refractivity contribution in [3.63, 3.8) is 0 Å². The summed E-state index contributed by atoms with van der Waals surface area (Å²) < 4.78 is 0. The molecule has 0 radical (unpaired) electrons. The van der Waals surface area contributed by atoms with Gasteiger partial charge in [0.15, 0.2) is 0 Å². The average Bonchev–Trinajstić information content (AvgIpc) is 2.93. The van der Waals surface area contributed by atoms with E-state index in [1.54, 1.807) is 0 Å². The number of rotatable bonds is 5. The lowest BCUT2D eigenvalue weighted by atomic mass is 10.1. The van der Waals surface area contributed by atoms with Crippen LogP contribution in [0.15, 0.2) is 0 Å². The lowest BCUT2D eigenvalue weighted by Gasteiger charge is -2.34. The van der Waals surface area contributed by atoms with Crippen molar-refractivity contribution in [1.29, 1.82) is 0 Å². The van der Waals surface area contributed by atoms with Crippen LogP contribution < -0.4 is 10.6 Å². The van der Waals surface area contributed by atoms with Gasteiger partial charge < -0.3 is 20.4 Å². The molecule has 0 aliphatic carbocycles. The molecular weight excluding hydrogens is 240 g/mol. The maximum atomic E-state index is 11.9. The van der Waals surface area contributed by atoms with Crippen LogP contribution in [0.3, 0.4) is 0 Å². The Morgan fingerprint density at radius 1 is 1.37 bits per heavy atom. The van der Waals surface area contributed by atoms with Gasteiger partial charge in [-0.3, -0.25) is 4.79 Å². The zero-order chi connectivity index (χ0) is 13.7. The molecule has 5 heteroatoms. The third-order valence-corrected chi connectivity index (χ3v) is 4.17. The van der Waals surface area contributed by atoms with Gasteiger partial charge in [-0.25, -0.2) is 0 Å². The second-order valence-corrected chi connectivity index (χ2v) is 6.10. The minimum Gasteiger partial charge on any atom is -0.354 e. The number of amides is 1. The predicted octanol–water partition coefficient (Wildman–Crippen LogP) is -0.262. The second-order valence-electron chi connectivity index (χ2n) is 6.10. The largest absolute Gasteiger partial charge is 0.354 e. The number of hydrogen-bond donors (Lipinski definition) is 2. The Morgan fingerprint density at radius 2 is 2.11 bits per heavy atom. The summed E-state index contributed by atoms with van der Waals surface area (Å²) in [4.78, 5) is 16.8. The van der Waals surface area contributed by atoms with Crippen LogP contribution in [0, 0.1) is 5.92 Å². The lowest BCUT2D eigenvalue weighted by Crippen LogP contribution is -2.47. The van der Waals surface area contributed by atoms with Crippen molar-refractivity contribution in [3.8, 4) is 0 Å². The van der Waals surface area contributed by atoms with Crippen LogP contribution in [0.5, 0.6) is 0 Å². The number of piperazine rings is 1. The van der Waals surface area contributed by atoms with Crippen molar-refractivity contribution in [2.45, 2.75) is 25.8 Å². The summed E-state index contributed by atoms with van der Waals surface area (Å²) >= 11 is 0. The minimum absolute atomic E-state index is 0.0517. The first-order valence-electron chi connectivity index (χ1n) is 7.57. The number of nitrogens with one attached hydrogen (secondary N) is 2. The second kappa shape index (κ2) is 7.22. The fourth-order valence-corrected chi connectivity index (χ4v) is 2.84. The molecule has 0 aromatic carbocycles. The molecule has 19 heavy (non-hydrogen) atoms. The number of carbonyl (C=O) groups is 1. The Morgan fingerprint density at radius 3 is 2.74 bits per heavy atom. The molecule has 0 aromatic rings. The van der Waals surface area contributed by atoms with Gasteiger partial charge >= 0.3 is 0 Å². The molecule has 2 rings (SSSR count). The highest BCUT2D eigenvalue weighted by atomic mass is 16.2. The van der Waals surface area contributed by atoms with Gasteiger partial charge in [-0.1, -0.05) is 6.92 Å². The Bertz CT molecular complexity index is 283. The Hall–Kier alpha value is -0.650. The number of likely N-dealkylation sites (N-methyl/N-ethyl adjacent to an activating group) is 1. The average molecular weight is 268 g/mol. The Kier molecular flexibility index (Phi) is 5.60. The highest BCUT2D eigenvalue weighted by Crippen LogP contribution is 2.06. The van der Waals surface area contributed by atoms with Crippen molar-refractivity contribution >= 4 is 5.91 Å². The molecule has 0 spiro atoms. The van der Waals surface area contributed by atoms with E-state index >= 15 is 0 Å². The van der Waals surface area contributed by atoms with Crippen LogP contribution in [-0.2, 0) is 4.79 Å². The molecule has 0 aromatic heterocycles. The van der Waals surface area contributed by atoms with Crippen molar-refractivity contribution < 1.29 is 4.79 Å². The van der Waals surface area contributed by atoms with Crippen molar-refractivity contribution in [2.24, 2.45) is 5.92 Å². The molecule has 2 N–H and O–H groups in total. The highest BCUT2D eigenvalue weighted by Gasteiger charge is 2.22. The van der Waals surface area contributed by atoms with E-state index in [-0.39, 0.29) is 11.9 Å². The van der Waals surface area contributed by atoms with Crippen LogP contribution >= 0.6 is 0 Å². The first-order chi connectivity index (χ1) is 9.15. The van der Waals surface area contributed by atoms with Crippen molar-refractivity contribution in [1.82, 2.24) is 20.4 Å². The van der Waals surface area contributed by atoms with Gasteiger partial charge in [0, 0.05) is 39.3 Å². The van der Waals surface area contributed by atoms with E-state index in [0.29, 0.717) is 5.92 Å². The molecule has 2 aliphatic rings. The molecule has 110 valence electrons. The summed E-state index contributed by atoms with van der Waals surface area (Å²) in [5, 5.41) is 6.32. The highest BCUT2D eigenvalue weighted by molar-refractivity contribution is 5.81. The summed E-state index contributed by atoms with van der Waals surface area (Å²) in [5.74, 6) is 0.705. The molecule has 2 heterocycles. The number of carbonyl (C=O) groups excluding carboxylic acids is 1. The van der Waals surface area contributed by atoms with E-state index in [0.717, 1.165) is 58.7 Å². The van der Waals surface area contributed by atoms with E-state index in [2.05, 4.69) is 34.4 Å². The molecular formula is C14H28N4O. The summed E-state index contributed by atoms with van der Waals surface area (Å²) in [7, 11) is 2.18. The summed E-state index contributed by atoms with van der Waals surface area (Å²) in [6.07, 6.45) is 2.10. The SMILES string of the molecule is CC(CNC(=O)[C@@H]1CCCN1)CN1CCN(C)CC1. The summed E-state index contributed by atoms with van der Waals surface area (Å²) in [5.41, 5.74) is 0. The topological polar surface area (TPSA) is 47.6 Å². The molecule has 1 amide bonds. The first kappa shape index (κ1) is 14.8. The molecule has 1 unspecified atom stereocenters. The molecule has 2 fully saturated rings. The van der Waals surface area contributed by atoms with E-state index in [1.807, 2.05) is 0 Å². The molecule has 2 saturated heterocycles. The van der Waals surface area contributed by atoms with Gasteiger partial charge in [0.05, 0.1) is 6.04 Å². The van der Waals surface area contributed by atoms with Crippen LogP contribution in [0.25, 0.3) is 0 Å². The molecule has 0 saturated carbocycles. The van der Waals surface area contributed by atoms with Gasteiger partial charge in [0.1, 0.15) is 0 Å². The molecule has 2 aliphatic heterocycles. The fraction of sp³-hybridized carbons (Fsp3) is 0.929. The van der Waals surface area contributed by atoms with E-state index in [1.165, 1.54) is 0 Å². The van der Waals surface area contributed by atoms with E-state index in [4.69, 9.17) is 0 Å². The lowest BCUT2D eigenvalue weighted by molar-refractivity contribution is -0.122. The third-order valence-electron chi connectivity index (χ3n) is 4.17. The van der Waals surface area contributed by atoms with Crippen LogP contribution in [0.1, 0.15) is 19.8 Å². The van der Waals surface area contributed by atoms with Crippen molar-refractivity contribution in [3.05, 3.63) is 0 Å². The van der Waals surface area contributed by atoms with E-state index < -0.39 is 0 Å². The van der Waals surface area contributed by atoms with Crippen LogP contribution in [0.4, 0.5) is 0 Å². The summed E-state index contributed by atoms with van der Waals surface area (Å²) in [6.45, 7) is 9.71. The van der Waals surface area contributed by atoms with Gasteiger partial charge in [0.25, 0.3) is 0 Å². The minimum atomic E-state index is 0.0517. The smallest absolute Gasteiger partial charge is 0.237 e. The number of nitrogens with zero attached hydrogens (tertiary/aromatic N) is 2. The third kappa shape index (κ3) is 4.75. The van der Waals surface area contributed by atoms with Crippen LogP contribution in [-0.4, -0.2) is 74.6 Å². The maximum absolute atomic E-state index is 11.9. The zero-order valence-corrected chi connectivity index (χ0v) is 12.3. The monoisotopic (exact) mass is 268 g/mol. The van der Waals surface area contributed by atoms with Gasteiger partial charge in [0.2, 0.25) is 5.91 Å². The summed E-state index contributed by atoms with van der Waals surface area (Å²) in [6, 6.07) is 0.0517. The fourth-order valence-electron chi connectivity index (χ4n) is 2.84. The van der Waals surface area contributed by atoms with Crippen molar-refractivity contribution in [2.75, 3.05) is 52.9 Å². The Balaban J connectivity index is 1.61. The first-order valence-corrected chi connectivity index (χ1v) is 7.57. The molecule has 2 atom stereocenters. The van der Waals surface area contributed by atoms with Gasteiger partial charge in [-0.2, -0.15) is 0 Å².